The Kier molecular flexibility index (Phi) is 23.1. The zero-order chi connectivity index (χ0) is 21.4. The molecule has 1 amide bonds. The lowest BCUT2D eigenvalue weighted by atomic mass is 10.0. The van der Waals surface area contributed by atoms with Gasteiger partial charge in [-0.2, -0.15) is 0 Å². The molecule has 0 spiro atoms. The summed E-state index contributed by atoms with van der Waals surface area (Å²) < 4.78 is 0. The largest absolute Gasteiger partial charge is 0.355 e. The van der Waals surface area contributed by atoms with Crippen molar-refractivity contribution in [2.75, 3.05) is 39.3 Å². The number of carbonyl (C=O) groups excluding carboxylic acids is 1. The van der Waals surface area contributed by atoms with E-state index in [0.717, 1.165) is 38.5 Å². The van der Waals surface area contributed by atoms with Crippen molar-refractivity contribution in [1.82, 2.24) is 16.0 Å². The van der Waals surface area contributed by atoms with E-state index in [1.54, 1.807) is 0 Å². The number of hydrogen-bond acceptors (Lipinski definition) is 4. The molecule has 0 unspecified atom stereocenters. The second kappa shape index (κ2) is 23.6. The molecule has 0 aliphatic carbocycles. The summed E-state index contributed by atoms with van der Waals surface area (Å²) in [5.74, 6) is 1.06. The van der Waals surface area contributed by atoms with Crippen LogP contribution in [-0.4, -0.2) is 45.2 Å². The molecule has 174 valence electrons. The van der Waals surface area contributed by atoms with Gasteiger partial charge in [-0.1, -0.05) is 90.9 Å². The molecular formula is C24H52N4O. The van der Waals surface area contributed by atoms with Crippen molar-refractivity contribution in [3.63, 3.8) is 0 Å². The van der Waals surface area contributed by atoms with Crippen LogP contribution in [0.3, 0.4) is 0 Å². The van der Waals surface area contributed by atoms with Crippen LogP contribution in [0.1, 0.15) is 104 Å². The summed E-state index contributed by atoms with van der Waals surface area (Å²) in [5, 5.41) is 9.53. The Morgan fingerprint density at radius 3 is 1.62 bits per heavy atom. The van der Waals surface area contributed by atoms with Gasteiger partial charge in [-0.3, -0.25) is 4.79 Å². The Hall–Kier alpha value is -0.650. The minimum absolute atomic E-state index is 0.196. The Labute approximate surface area is 181 Å². The average Bonchev–Trinajstić information content (AvgIpc) is 2.70. The molecule has 0 bridgehead atoms. The van der Waals surface area contributed by atoms with Gasteiger partial charge < -0.3 is 21.7 Å². The predicted molar refractivity (Wildman–Crippen MR) is 127 cm³/mol. The minimum atomic E-state index is 0.196. The van der Waals surface area contributed by atoms with Gasteiger partial charge in [0.05, 0.1) is 0 Å². The Morgan fingerprint density at radius 2 is 1.10 bits per heavy atom. The number of carbonyl (C=O) groups is 1. The number of unbranched alkanes of at least 4 members (excludes halogenated alkanes) is 11. The van der Waals surface area contributed by atoms with E-state index in [1.165, 1.54) is 77.0 Å². The van der Waals surface area contributed by atoms with E-state index in [0.29, 0.717) is 19.5 Å². The van der Waals surface area contributed by atoms with Crippen molar-refractivity contribution in [2.45, 2.75) is 104 Å². The first kappa shape index (κ1) is 28.4. The summed E-state index contributed by atoms with van der Waals surface area (Å²) in [6.07, 6.45) is 18.2. The predicted octanol–water partition coefficient (Wildman–Crippen LogP) is 4.36. The summed E-state index contributed by atoms with van der Waals surface area (Å²) in [6.45, 7) is 9.55. The van der Waals surface area contributed by atoms with Crippen molar-refractivity contribution in [1.29, 1.82) is 0 Å². The van der Waals surface area contributed by atoms with Crippen LogP contribution in [0, 0.1) is 5.92 Å². The van der Waals surface area contributed by atoms with E-state index in [1.807, 2.05) is 0 Å². The summed E-state index contributed by atoms with van der Waals surface area (Å²) >= 11 is 0. The fourth-order valence-corrected chi connectivity index (χ4v) is 3.51. The quantitative estimate of drug-likeness (QED) is 0.188. The van der Waals surface area contributed by atoms with Gasteiger partial charge in [-0.25, -0.2) is 0 Å². The van der Waals surface area contributed by atoms with Crippen LogP contribution in [0.25, 0.3) is 0 Å². The van der Waals surface area contributed by atoms with Crippen molar-refractivity contribution < 1.29 is 4.79 Å². The fraction of sp³-hybridized carbons (Fsp3) is 0.958. The molecule has 0 saturated carbocycles. The van der Waals surface area contributed by atoms with E-state index < -0.39 is 0 Å². The molecule has 5 N–H and O–H groups in total. The highest BCUT2D eigenvalue weighted by Gasteiger charge is 2.00. The maximum atomic E-state index is 11.8. The molecule has 0 fully saturated rings. The molecule has 0 aliphatic rings. The lowest BCUT2D eigenvalue weighted by Gasteiger charge is -2.07. The lowest BCUT2D eigenvalue weighted by Crippen LogP contribution is -2.35. The van der Waals surface area contributed by atoms with E-state index in [9.17, 15) is 4.79 Å². The SMILES string of the molecule is CC(C)CCCCCCCCCCCCCCC(=O)NCCNCCNCCN. The van der Waals surface area contributed by atoms with Crippen LogP contribution in [0.4, 0.5) is 0 Å². The van der Waals surface area contributed by atoms with Crippen molar-refractivity contribution in [2.24, 2.45) is 11.7 Å². The molecule has 0 aromatic heterocycles. The Balaban J connectivity index is 3.14. The van der Waals surface area contributed by atoms with E-state index in [4.69, 9.17) is 5.73 Å². The molecule has 0 aromatic carbocycles. The zero-order valence-corrected chi connectivity index (χ0v) is 19.7. The molecular weight excluding hydrogens is 360 g/mol. The number of rotatable bonds is 23. The highest BCUT2D eigenvalue weighted by atomic mass is 16.1. The fourth-order valence-electron chi connectivity index (χ4n) is 3.51. The normalized spacial score (nSPS) is 11.3. The van der Waals surface area contributed by atoms with Crippen molar-refractivity contribution in [3.05, 3.63) is 0 Å². The number of amides is 1. The van der Waals surface area contributed by atoms with Crippen molar-refractivity contribution >= 4 is 5.91 Å². The Bertz CT molecular complexity index is 337. The summed E-state index contributed by atoms with van der Waals surface area (Å²) in [5.41, 5.74) is 5.41. The second-order valence-electron chi connectivity index (χ2n) is 8.81. The first-order valence-electron chi connectivity index (χ1n) is 12.5. The first-order chi connectivity index (χ1) is 14.2. The maximum absolute atomic E-state index is 11.8. The van der Waals surface area contributed by atoms with Crippen LogP contribution in [0.15, 0.2) is 0 Å². The number of nitrogens with two attached hydrogens (primary N) is 1. The van der Waals surface area contributed by atoms with Crippen LogP contribution >= 0.6 is 0 Å². The van der Waals surface area contributed by atoms with Crippen LogP contribution in [0.5, 0.6) is 0 Å². The second-order valence-corrected chi connectivity index (χ2v) is 8.81. The molecule has 0 aromatic rings. The molecule has 5 nitrogen and oxygen atoms in total. The molecule has 5 heteroatoms. The van der Waals surface area contributed by atoms with Gasteiger partial charge in [-0.15, -0.1) is 0 Å². The third-order valence-corrected chi connectivity index (χ3v) is 5.36. The topological polar surface area (TPSA) is 79.2 Å². The summed E-state index contributed by atoms with van der Waals surface area (Å²) in [7, 11) is 0. The molecule has 0 saturated heterocycles. The van der Waals surface area contributed by atoms with Gasteiger partial charge in [0, 0.05) is 45.7 Å². The third kappa shape index (κ3) is 25.3. The molecule has 29 heavy (non-hydrogen) atoms. The minimum Gasteiger partial charge on any atom is -0.355 e. The van der Waals surface area contributed by atoms with Gasteiger partial charge in [-0.05, 0) is 12.3 Å². The first-order valence-corrected chi connectivity index (χ1v) is 12.5. The van der Waals surface area contributed by atoms with Gasteiger partial charge in [0.2, 0.25) is 5.91 Å². The van der Waals surface area contributed by atoms with Crippen LogP contribution in [-0.2, 0) is 4.79 Å². The van der Waals surface area contributed by atoms with Gasteiger partial charge in [0.1, 0.15) is 0 Å². The molecule has 0 rings (SSSR count). The monoisotopic (exact) mass is 412 g/mol. The number of nitrogens with one attached hydrogen (secondary N) is 3. The van der Waals surface area contributed by atoms with Crippen LogP contribution < -0.4 is 21.7 Å². The maximum Gasteiger partial charge on any atom is 0.220 e. The zero-order valence-electron chi connectivity index (χ0n) is 19.7. The van der Waals surface area contributed by atoms with Gasteiger partial charge in [0.15, 0.2) is 0 Å². The third-order valence-electron chi connectivity index (χ3n) is 5.36. The van der Waals surface area contributed by atoms with Crippen LogP contribution in [0.2, 0.25) is 0 Å². The standard InChI is InChI=1S/C24H52N4O/c1-23(2)15-13-11-9-7-5-3-4-6-8-10-12-14-16-24(29)28-22-21-27-20-19-26-18-17-25/h23,26-27H,3-22,25H2,1-2H3,(H,28,29). The summed E-state index contributed by atoms with van der Waals surface area (Å²) in [4.78, 5) is 11.8. The van der Waals surface area contributed by atoms with E-state index >= 15 is 0 Å². The highest BCUT2D eigenvalue weighted by Crippen LogP contribution is 2.14. The molecule has 0 aliphatic heterocycles. The van der Waals surface area contributed by atoms with Gasteiger partial charge in [0.25, 0.3) is 0 Å². The smallest absolute Gasteiger partial charge is 0.220 e. The van der Waals surface area contributed by atoms with Gasteiger partial charge >= 0.3 is 0 Å². The molecule has 0 heterocycles. The number of hydrogen-bond donors (Lipinski definition) is 4. The van der Waals surface area contributed by atoms with E-state index in [2.05, 4.69) is 29.8 Å². The molecule has 0 atom stereocenters. The van der Waals surface area contributed by atoms with E-state index in [-0.39, 0.29) is 5.91 Å². The highest BCUT2D eigenvalue weighted by molar-refractivity contribution is 5.75. The Morgan fingerprint density at radius 1 is 0.655 bits per heavy atom. The average molecular weight is 413 g/mol. The van der Waals surface area contributed by atoms with Crippen molar-refractivity contribution in [3.8, 4) is 0 Å². The molecule has 0 radical (unpaired) electrons. The lowest BCUT2D eigenvalue weighted by molar-refractivity contribution is -0.121. The summed E-state index contributed by atoms with van der Waals surface area (Å²) in [6, 6.07) is 0.